The Kier molecular flexibility index (Phi) is 14.7. The highest BCUT2D eigenvalue weighted by Gasteiger charge is 2.27. The maximum Gasteiger partial charge on any atom is 0.328 e. The number of nitrogens with one attached hydrogen (secondary N) is 1. The first kappa shape index (κ1) is 27.8. The summed E-state index contributed by atoms with van der Waals surface area (Å²) in [5, 5.41) is 2.80. The summed E-state index contributed by atoms with van der Waals surface area (Å²) >= 11 is 8.25. The standard InChI is InChI=1S/C22H32ClNO5S2/c1-16-4-6-18(7-5-16)14-19(15-31-17(2)25)21(26)24-20(8-13-30-3)22(27)29-12-11-28-10-9-23/h4-7,19-20H,8-15H2,1-3H3,(H,24,26)/t19?,20-/m0/s1. The number of hydrogen-bond donors (Lipinski definition) is 1. The van der Waals surface area contributed by atoms with Gasteiger partial charge in [-0.25, -0.2) is 4.79 Å². The predicted octanol–water partition coefficient (Wildman–Crippen LogP) is 3.47. The fourth-order valence-electron chi connectivity index (χ4n) is 2.69. The fourth-order valence-corrected chi connectivity index (χ4v) is 3.97. The van der Waals surface area contributed by atoms with Gasteiger partial charge in [0.1, 0.15) is 12.6 Å². The molecule has 6 nitrogen and oxygen atoms in total. The van der Waals surface area contributed by atoms with Gasteiger partial charge in [0, 0.05) is 18.6 Å². The van der Waals surface area contributed by atoms with Crippen LogP contribution in [0.1, 0.15) is 24.5 Å². The number of hydrogen-bond acceptors (Lipinski definition) is 7. The van der Waals surface area contributed by atoms with Crippen LogP contribution in [0, 0.1) is 12.8 Å². The van der Waals surface area contributed by atoms with Crippen molar-refractivity contribution >= 4 is 52.1 Å². The SMILES string of the molecule is CSCC[C@H](NC(=O)C(CSC(C)=O)Cc1ccc(C)cc1)C(=O)OCCOCCCl. The quantitative estimate of drug-likeness (QED) is 0.229. The second-order valence-electron chi connectivity index (χ2n) is 7.00. The van der Waals surface area contributed by atoms with Gasteiger partial charge in [-0.15, -0.1) is 11.6 Å². The van der Waals surface area contributed by atoms with E-state index in [0.29, 0.717) is 36.8 Å². The van der Waals surface area contributed by atoms with Crippen LogP contribution in [0.2, 0.25) is 0 Å². The van der Waals surface area contributed by atoms with Crippen LogP contribution in [0.5, 0.6) is 0 Å². The Bertz CT molecular complexity index is 687. The van der Waals surface area contributed by atoms with Crippen LogP contribution >= 0.6 is 35.1 Å². The lowest BCUT2D eigenvalue weighted by Crippen LogP contribution is -2.46. The molecular formula is C22H32ClNO5S2. The van der Waals surface area contributed by atoms with Crippen molar-refractivity contribution in [2.45, 2.75) is 32.7 Å². The summed E-state index contributed by atoms with van der Waals surface area (Å²) in [6.45, 7) is 4.24. The minimum Gasteiger partial charge on any atom is -0.462 e. The second kappa shape index (κ2) is 16.4. The van der Waals surface area contributed by atoms with E-state index in [-0.39, 0.29) is 24.2 Å². The highest BCUT2D eigenvalue weighted by Crippen LogP contribution is 2.17. The summed E-state index contributed by atoms with van der Waals surface area (Å²) in [7, 11) is 0. The van der Waals surface area contributed by atoms with Crippen LogP contribution in [-0.4, -0.2) is 66.5 Å². The van der Waals surface area contributed by atoms with E-state index in [9.17, 15) is 14.4 Å². The third-order valence-electron chi connectivity index (χ3n) is 4.37. The third-order valence-corrected chi connectivity index (χ3v) is 6.14. The summed E-state index contributed by atoms with van der Waals surface area (Å²) in [6.07, 6.45) is 2.89. The fraction of sp³-hybridized carbons (Fsp3) is 0.591. The first-order chi connectivity index (χ1) is 14.9. The molecule has 1 amide bonds. The van der Waals surface area contributed by atoms with Crippen LogP contribution in [0.3, 0.4) is 0 Å². The molecule has 0 bridgehead atoms. The van der Waals surface area contributed by atoms with Crippen LogP contribution in [-0.2, 0) is 30.3 Å². The lowest BCUT2D eigenvalue weighted by Gasteiger charge is -2.22. The molecule has 0 aliphatic carbocycles. The molecule has 174 valence electrons. The number of ether oxygens (including phenoxy) is 2. The van der Waals surface area contributed by atoms with Gasteiger partial charge in [-0.3, -0.25) is 9.59 Å². The highest BCUT2D eigenvalue weighted by atomic mass is 35.5. The van der Waals surface area contributed by atoms with Gasteiger partial charge in [-0.2, -0.15) is 11.8 Å². The molecule has 0 aromatic heterocycles. The third kappa shape index (κ3) is 12.4. The number of halogens is 1. The van der Waals surface area contributed by atoms with Crippen LogP contribution in [0.15, 0.2) is 24.3 Å². The van der Waals surface area contributed by atoms with Crippen molar-refractivity contribution < 1.29 is 23.9 Å². The Balaban J connectivity index is 2.77. The lowest BCUT2D eigenvalue weighted by molar-refractivity contribution is -0.149. The van der Waals surface area contributed by atoms with Gasteiger partial charge in [0.15, 0.2) is 5.12 Å². The number of amides is 1. The van der Waals surface area contributed by atoms with Crippen molar-refractivity contribution in [1.29, 1.82) is 0 Å². The van der Waals surface area contributed by atoms with E-state index >= 15 is 0 Å². The first-order valence-corrected chi connectivity index (χ1v) is 13.1. The number of aryl methyl sites for hydroxylation is 1. The number of esters is 1. The minimum atomic E-state index is -0.740. The van der Waals surface area contributed by atoms with Gasteiger partial charge in [-0.1, -0.05) is 41.6 Å². The molecule has 0 saturated heterocycles. The average molecular weight is 490 g/mol. The van der Waals surface area contributed by atoms with E-state index in [1.54, 1.807) is 11.8 Å². The number of thioether (sulfide) groups is 2. The minimum absolute atomic E-state index is 0.0444. The van der Waals surface area contributed by atoms with Gasteiger partial charge in [-0.05, 0) is 37.3 Å². The van der Waals surface area contributed by atoms with Gasteiger partial charge < -0.3 is 14.8 Å². The number of alkyl halides is 1. The summed E-state index contributed by atoms with van der Waals surface area (Å²) in [5.41, 5.74) is 2.15. The molecule has 9 heteroatoms. The monoisotopic (exact) mass is 489 g/mol. The molecule has 0 aliphatic rings. The molecule has 1 unspecified atom stereocenters. The van der Waals surface area contributed by atoms with Crippen molar-refractivity contribution in [2.24, 2.45) is 5.92 Å². The van der Waals surface area contributed by atoms with Crippen molar-refractivity contribution in [3.8, 4) is 0 Å². The summed E-state index contributed by atoms with van der Waals surface area (Å²) in [4.78, 5) is 37.0. The zero-order chi connectivity index (χ0) is 23.1. The molecule has 0 fully saturated rings. The second-order valence-corrected chi connectivity index (χ2v) is 9.56. The zero-order valence-corrected chi connectivity index (χ0v) is 20.7. The Hall–Kier alpha value is -1.22. The van der Waals surface area contributed by atoms with Gasteiger partial charge in [0.2, 0.25) is 5.91 Å². The van der Waals surface area contributed by atoms with E-state index in [2.05, 4.69) is 5.32 Å². The van der Waals surface area contributed by atoms with Gasteiger partial charge in [0.25, 0.3) is 0 Å². The van der Waals surface area contributed by atoms with Crippen LogP contribution in [0.25, 0.3) is 0 Å². The molecule has 1 aromatic carbocycles. The van der Waals surface area contributed by atoms with Crippen molar-refractivity contribution in [1.82, 2.24) is 5.32 Å². The molecule has 1 rings (SSSR count). The maximum absolute atomic E-state index is 13.0. The lowest BCUT2D eigenvalue weighted by atomic mass is 9.99. The molecule has 2 atom stereocenters. The summed E-state index contributed by atoms with van der Waals surface area (Å²) < 4.78 is 10.5. The van der Waals surface area contributed by atoms with Gasteiger partial charge >= 0.3 is 5.97 Å². The Labute approximate surface area is 198 Å². The molecule has 0 saturated carbocycles. The first-order valence-electron chi connectivity index (χ1n) is 10.2. The largest absolute Gasteiger partial charge is 0.462 e. The van der Waals surface area contributed by atoms with Crippen molar-refractivity contribution in [2.75, 3.05) is 43.5 Å². The highest BCUT2D eigenvalue weighted by molar-refractivity contribution is 8.13. The number of benzene rings is 1. The Morgan fingerprint density at radius 2 is 1.84 bits per heavy atom. The van der Waals surface area contributed by atoms with Crippen LogP contribution < -0.4 is 5.32 Å². The zero-order valence-electron chi connectivity index (χ0n) is 18.4. The summed E-state index contributed by atoms with van der Waals surface area (Å²) in [5.74, 6) is 0.259. The molecular weight excluding hydrogens is 458 g/mol. The van der Waals surface area contributed by atoms with E-state index < -0.39 is 17.9 Å². The van der Waals surface area contributed by atoms with E-state index in [1.807, 2.05) is 37.4 Å². The maximum atomic E-state index is 13.0. The molecule has 0 radical (unpaired) electrons. The summed E-state index contributed by atoms with van der Waals surface area (Å²) in [6, 6.07) is 7.21. The average Bonchev–Trinajstić information content (AvgIpc) is 2.74. The van der Waals surface area contributed by atoms with Gasteiger partial charge in [0.05, 0.1) is 19.1 Å². The number of rotatable bonds is 15. The molecule has 0 heterocycles. The molecule has 31 heavy (non-hydrogen) atoms. The normalized spacial score (nSPS) is 12.8. The predicted molar refractivity (Wildman–Crippen MR) is 129 cm³/mol. The van der Waals surface area contributed by atoms with E-state index in [1.165, 1.54) is 6.92 Å². The molecule has 1 aromatic rings. The topological polar surface area (TPSA) is 81.7 Å². The smallest absolute Gasteiger partial charge is 0.328 e. The number of carbonyl (C=O) groups excluding carboxylic acids is 3. The number of carbonyl (C=O) groups is 3. The Morgan fingerprint density at radius 1 is 1.13 bits per heavy atom. The van der Waals surface area contributed by atoms with Crippen LogP contribution in [0.4, 0.5) is 0 Å². The van der Waals surface area contributed by atoms with E-state index in [0.717, 1.165) is 22.9 Å². The van der Waals surface area contributed by atoms with E-state index in [4.69, 9.17) is 21.1 Å². The molecule has 1 N–H and O–H groups in total. The molecule has 0 aliphatic heterocycles. The van der Waals surface area contributed by atoms with Crippen molar-refractivity contribution in [3.05, 3.63) is 35.4 Å². The molecule has 0 spiro atoms. The Morgan fingerprint density at radius 3 is 2.45 bits per heavy atom. The van der Waals surface area contributed by atoms with Crippen molar-refractivity contribution in [3.63, 3.8) is 0 Å².